The summed E-state index contributed by atoms with van der Waals surface area (Å²) in [5.74, 6) is -0.436. The molecule has 4 aromatic rings. The number of unbranched alkanes of at least 4 members (excludes halogenated alkanes) is 1. The quantitative estimate of drug-likeness (QED) is 0.182. The number of ether oxygens (including phenoxy) is 1. The van der Waals surface area contributed by atoms with E-state index in [4.69, 9.17) is 14.0 Å². The van der Waals surface area contributed by atoms with Crippen LogP contribution in [0.4, 0.5) is 0 Å². The first-order chi connectivity index (χ1) is 21.0. The number of nitrogens with zero attached hydrogens (tertiary/aromatic N) is 4. The minimum atomic E-state index is -4.09. The zero-order valence-electron chi connectivity index (χ0n) is 25.4. The second-order valence-electron chi connectivity index (χ2n) is 11.2. The van der Waals surface area contributed by atoms with Crippen molar-refractivity contribution >= 4 is 27.3 Å². The minimum absolute atomic E-state index is 0.0432. The van der Waals surface area contributed by atoms with Crippen LogP contribution >= 0.6 is 0 Å². The van der Waals surface area contributed by atoms with Gasteiger partial charge in [0, 0.05) is 37.7 Å². The van der Waals surface area contributed by atoms with Crippen LogP contribution in [0.2, 0.25) is 0 Å². The van der Waals surface area contributed by atoms with Gasteiger partial charge in [-0.3, -0.25) is 4.79 Å². The highest BCUT2D eigenvalue weighted by Gasteiger charge is 2.33. The van der Waals surface area contributed by atoms with Gasteiger partial charge in [0.15, 0.2) is 5.75 Å². The van der Waals surface area contributed by atoms with Gasteiger partial charge in [0.1, 0.15) is 11.3 Å². The fourth-order valence-corrected chi connectivity index (χ4v) is 6.94. The molecule has 11 nitrogen and oxygen atoms in total. The Morgan fingerprint density at radius 1 is 1.09 bits per heavy atom. The lowest BCUT2D eigenvalue weighted by Crippen LogP contribution is -2.37. The highest BCUT2D eigenvalue weighted by molar-refractivity contribution is 7.84. The molecule has 0 saturated carbocycles. The molecule has 0 fully saturated rings. The Morgan fingerprint density at radius 3 is 2.64 bits per heavy atom. The molecule has 1 unspecified atom stereocenters. The highest BCUT2D eigenvalue weighted by atomic mass is 32.2. The van der Waals surface area contributed by atoms with Gasteiger partial charge in [-0.15, -0.1) is 5.10 Å². The van der Waals surface area contributed by atoms with Crippen molar-refractivity contribution in [3.63, 3.8) is 0 Å². The van der Waals surface area contributed by atoms with Crippen LogP contribution in [0.15, 0.2) is 42.5 Å². The Bertz CT molecular complexity index is 1800. The van der Waals surface area contributed by atoms with E-state index in [9.17, 15) is 18.3 Å². The molecular weight excluding hydrogens is 584 g/mol. The molecule has 0 bridgehead atoms. The summed E-state index contributed by atoms with van der Waals surface area (Å²) in [6.07, 6.45) is 1.54. The number of aryl methyl sites for hydroxylation is 4. The Morgan fingerprint density at radius 2 is 1.89 bits per heavy atom. The van der Waals surface area contributed by atoms with Crippen LogP contribution in [-0.2, 0) is 39.5 Å². The normalized spacial score (nSPS) is 15.1. The molecule has 5 rings (SSSR count). The average molecular weight is 623 g/mol. The molecule has 0 aliphatic carbocycles. The molecule has 1 atom stereocenters. The van der Waals surface area contributed by atoms with Crippen LogP contribution in [0, 0.1) is 20.8 Å². The first kappa shape index (κ1) is 31.4. The van der Waals surface area contributed by atoms with Gasteiger partial charge in [-0.1, -0.05) is 29.5 Å². The maximum Gasteiger partial charge on any atom is 0.385 e. The van der Waals surface area contributed by atoms with Crippen molar-refractivity contribution in [1.82, 2.24) is 19.3 Å². The molecule has 3 aromatic carbocycles. The van der Waals surface area contributed by atoms with E-state index in [1.165, 1.54) is 16.4 Å². The van der Waals surface area contributed by atoms with E-state index in [0.717, 1.165) is 45.3 Å². The van der Waals surface area contributed by atoms with Crippen molar-refractivity contribution in [2.24, 2.45) is 0 Å². The zero-order valence-corrected chi connectivity index (χ0v) is 26.2. The number of benzene rings is 3. The first-order valence-electron chi connectivity index (χ1n) is 14.7. The SMILES string of the molecule is CCOC(=O)CC(c1ccc(C)c(CN2Cc3cc(O)cc(C)c3OS2(=O)=O)c1)c1ccc2c(nnn2CCCCO)c1C. The zero-order chi connectivity index (χ0) is 31.6. The summed E-state index contributed by atoms with van der Waals surface area (Å²) in [6, 6.07) is 12.7. The Labute approximate surface area is 257 Å². The van der Waals surface area contributed by atoms with E-state index in [-0.39, 0.29) is 56.1 Å². The van der Waals surface area contributed by atoms with Gasteiger partial charge in [0.05, 0.1) is 18.5 Å². The lowest BCUT2D eigenvalue weighted by Gasteiger charge is -2.29. The van der Waals surface area contributed by atoms with Crippen LogP contribution in [0.3, 0.4) is 0 Å². The Hall–Kier alpha value is -4.00. The fraction of sp³-hybridized carbons (Fsp3) is 0.406. The molecular formula is C32H38N4O7S. The number of aromatic nitrogens is 3. The van der Waals surface area contributed by atoms with E-state index in [1.54, 1.807) is 13.8 Å². The number of esters is 1. The van der Waals surface area contributed by atoms with E-state index in [1.807, 2.05) is 48.9 Å². The third-order valence-electron chi connectivity index (χ3n) is 8.12. The van der Waals surface area contributed by atoms with Crippen LogP contribution in [-0.4, -0.2) is 57.1 Å². The highest BCUT2D eigenvalue weighted by Crippen LogP contribution is 2.38. The number of aliphatic hydroxyl groups excluding tert-OH is 1. The fourth-order valence-electron chi connectivity index (χ4n) is 5.79. The average Bonchev–Trinajstić information content (AvgIpc) is 3.38. The van der Waals surface area contributed by atoms with Crippen molar-refractivity contribution in [3.8, 4) is 11.5 Å². The molecule has 0 spiro atoms. The largest absolute Gasteiger partial charge is 0.508 e. The molecule has 2 heterocycles. The summed E-state index contributed by atoms with van der Waals surface area (Å²) in [4.78, 5) is 12.9. The molecule has 2 N–H and O–H groups in total. The number of carbonyl (C=O) groups is 1. The predicted octanol–water partition coefficient (Wildman–Crippen LogP) is 4.56. The number of rotatable bonds is 11. The molecule has 1 aromatic heterocycles. The lowest BCUT2D eigenvalue weighted by molar-refractivity contribution is -0.143. The molecule has 1 aliphatic rings. The molecule has 0 radical (unpaired) electrons. The van der Waals surface area contributed by atoms with Gasteiger partial charge in [0.25, 0.3) is 0 Å². The monoisotopic (exact) mass is 622 g/mol. The van der Waals surface area contributed by atoms with E-state index >= 15 is 0 Å². The summed E-state index contributed by atoms with van der Waals surface area (Å²) in [7, 11) is -4.09. The summed E-state index contributed by atoms with van der Waals surface area (Å²) in [6.45, 7) is 8.44. The maximum absolute atomic E-state index is 13.2. The van der Waals surface area contributed by atoms with Crippen molar-refractivity contribution in [2.75, 3.05) is 13.2 Å². The van der Waals surface area contributed by atoms with E-state index in [2.05, 4.69) is 10.3 Å². The van der Waals surface area contributed by atoms with Crippen molar-refractivity contribution in [1.29, 1.82) is 0 Å². The number of phenolic OH excluding ortho intramolecular Hbond substituents is 1. The first-order valence-corrected chi connectivity index (χ1v) is 16.1. The minimum Gasteiger partial charge on any atom is -0.508 e. The van der Waals surface area contributed by atoms with Gasteiger partial charge in [-0.05, 0) is 92.1 Å². The van der Waals surface area contributed by atoms with E-state index in [0.29, 0.717) is 24.1 Å². The third kappa shape index (κ3) is 6.42. The summed E-state index contributed by atoms with van der Waals surface area (Å²) < 4.78 is 40.2. The Balaban J connectivity index is 1.51. The Kier molecular flexibility index (Phi) is 9.23. The summed E-state index contributed by atoms with van der Waals surface area (Å²) in [5.41, 5.74) is 7.01. The molecule has 1 aliphatic heterocycles. The maximum atomic E-state index is 13.2. The number of aliphatic hydroxyl groups is 1. The number of aromatic hydroxyl groups is 1. The number of hydrogen-bond donors (Lipinski definition) is 2. The second-order valence-corrected chi connectivity index (χ2v) is 12.7. The van der Waals surface area contributed by atoms with E-state index < -0.39 is 10.3 Å². The van der Waals surface area contributed by atoms with Gasteiger partial charge < -0.3 is 19.1 Å². The van der Waals surface area contributed by atoms with Crippen molar-refractivity contribution in [2.45, 2.75) is 72.5 Å². The summed E-state index contributed by atoms with van der Waals surface area (Å²) in [5, 5.41) is 28.0. The number of fused-ring (bicyclic) bond motifs is 2. The molecule has 44 heavy (non-hydrogen) atoms. The van der Waals surface area contributed by atoms with Gasteiger partial charge >= 0.3 is 16.3 Å². The van der Waals surface area contributed by atoms with Crippen molar-refractivity contribution < 1.29 is 32.3 Å². The molecule has 234 valence electrons. The van der Waals surface area contributed by atoms with Crippen LogP contribution in [0.1, 0.15) is 71.0 Å². The smallest absolute Gasteiger partial charge is 0.385 e. The molecule has 0 amide bonds. The van der Waals surface area contributed by atoms with Gasteiger partial charge in [0.2, 0.25) is 0 Å². The lowest BCUT2D eigenvalue weighted by atomic mass is 9.84. The van der Waals surface area contributed by atoms with Crippen LogP contribution in [0.5, 0.6) is 11.5 Å². The van der Waals surface area contributed by atoms with Gasteiger partial charge in [-0.2, -0.15) is 12.7 Å². The standard InChI is InChI=1S/C32H38N4O7S/c1-5-42-30(39)17-28(27-10-11-29-31(22(27)4)33-34-36(29)12-6-7-13-37)23-9-8-20(2)24(15-23)18-35-19-25-16-26(38)14-21(3)32(25)43-44(35,40)41/h8-11,14-16,28,37-38H,5-7,12-13,17-19H2,1-4H3. The molecule has 0 saturated heterocycles. The van der Waals surface area contributed by atoms with Crippen molar-refractivity contribution in [3.05, 3.63) is 81.4 Å². The summed E-state index contributed by atoms with van der Waals surface area (Å²) >= 11 is 0. The third-order valence-corrected chi connectivity index (χ3v) is 9.39. The predicted molar refractivity (Wildman–Crippen MR) is 164 cm³/mol. The number of hydrogen-bond acceptors (Lipinski definition) is 9. The topological polar surface area (TPSA) is 144 Å². The van der Waals surface area contributed by atoms with Crippen LogP contribution < -0.4 is 4.18 Å². The van der Waals surface area contributed by atoms with Gasteiger partial charge in [-0.25, -0.2) is 4.68 Å². The van der Waals surface area contributed by atoms with Crippen LogP contribution in [0.25, 0.3) is 11.0 Å². The number of phenols is 1. The second kappa shape index (κ2) is 12.9. The molecule has 12 heteroatoms. The number of carbonyl (C=O) groups excluding carboxylic acids is 1.